The van der Waals surface area contributed by atoms with Crippen molar-refractivity contribution in [1.82, 2.24) is 4.57 Å². The Balaban J connectivity index is 1.38. The third kappa shape index (κ3) is 6.51. The molecule has 240 valence electrons. The quantitative estimate of drug-likeness (QED) is 0.152. The summed E-state index contributed by atoms with van der Waals surface area (Å²) in [5.41, 5.74) is 4.56. The molecule has 6 rings (SSSR count). The van der Waals surface area contributed by atoms with Crippen LogP contribution >= 0.6 is 11.3 Å². The minimum absolute atomic E-state index is 0.225. The van der Waals surface area contributed by atoms with E-state index in [1.807, 2.05) is 73.7 Å². The van der Waals surface area contributed by atoms with E-state index in [9.17, 15) is 9.59 Å². The van der Waals surface area contributed by atoms with Crippen molar-refractivity contribution in [2.45, 2.75) is 53.2 Å². The summed E-state index contributed by atoms with van der Waals surface area (Å²) in [4.78, 5) is 32.6. The minimum atomic E-state index is -0.655. The lowest BCUT2D eigenvalue weighted by Gasteiger charge is -2.25. The first-order chi connectivity index (χ1) is 22.8. The molecule has 1 aliphatic rings. The van der Waals surface area contributed by atoms with Crippen LogP contribution in [0.2, 0.25) is 0 Å². The van der Waals surface area contributed by atoms with Gasteiger partial charge in [-0.05, 0) is 77.9 Å². The van der Waals surface area contributed by atoms with Gasteiger partial charge < -0.3 is 14.2 Å². The number of rotatable bonds is 10. The molecular weight excluding hydrogens is 609 g/mol. The largest absolute Gasteiger partial charge is 0.490 e. The third-order valence-electron chi connectivity index (χ3n) is 8.26. The highest BCUT2D eigenvalue weighted by Crippen LogP contribution is 2.33. The maximum absolute atomic E-state index is 14.1. The van der Waals surface area contributed by atoms with Crippen LogP contribution in [0.4, 0.5) is 0 Å². The SMILES string of the molecule is CCOC(=O)C1=C(C)N=c2s/c(=C\c3ccc(OCc4cccc5ccccc45)c(OCC)c3)c(=O)n2[C@@H]1c1ccc(C(C)C)cc1. The molecule has 47 heavy (non-hydrogen) atoms. The average Bonchev–Trinajstić information content (AvgIpc) is 3.37. The van der Waals surface area contributed by atoms with Crippen molar-refractivity contribution in [3.8, 4) is 11.5 Å². The van der Waals surface area contributed by atoms with Crippen molar-refractivity contribution < 1.29 is 19.0 Å². The molecule has 5 aromatic rings. The molecule has 0 saturated heterocycles. The lowest BCUT2D eigenvalue weighted by atomic mass is 9.93. The van der Waals surface area contributed by atoms with Crippen molar-refractivity contribution in [1.29, 1.82) is 0 Å². The molecular formula is C39H38N2O5S. The van der Waals surface area contributed by atoms with E-state index in [4.69, 9.17) is 19.2 Å². The second kappa shape index (κ2) is 13.8. The zero-order valence-corrected chi connectivity index (χ0v) is 28.1. The van der Waals surface area contributed by atoms with Crippen LogP contribution in [0.5, 0.6) is 11.5 Å². The zero-order valence-electron chi connectivity index (χ0n) is 27.3. The van der Waals surface area contributed by atoms with Crippen LogP contribution in [0.15, 0.2) is 106 Å². The predicted molar refractivity (Wildman–Crippen MR) is 187 cm³/mol. The molecule has 1 aromatic heterocycles. The van der Waals surface area contributed by atoms with Gasteiger partial charge in [-0.2, -0.15) is 0 Å². The Morgan fingerprint density at radius 2 is 1.70 bits per heavy atom. The van der Waals surface area contributed by atoms with Gasteiger partial charge >= 0.3 is 5.97 Å². The Labute approximate surface area is 278 Å². The van der Waals surface area contributed by atoms with Crippen molar-refractivity contribution in [2.24, 2.45) is 4.99 Å². The summed E-state index contributed by atoms with van der Waals surface area (Å²) in [6, 6.07) is 27.5. The Morgan fingerprint density at radius 1 is 0.936 bits per heavy atom. The van der Waals surface area contributed by atoms with Gasteiger partial charge in [0.25, 0.3) is 5.56 Å². The van der Waals surface area contributed by atoms with E-state index >= 15 is 0 Å². The van der Waals surface area contributed by atoms with E-state index in [-0.39, 0.29) is 12.2 Å². The molecule has 0 unspecified atom stereocenters. The zero-order chi connectivity index (χ0) is 33.1. The summed E-state index contributed by atoms with van der Waals surface area (Å²) in [6.45, 7) is 10.8. The van der Waals surface area contributed by atoms with E-state index in [1.165, 1.54) is 16.9 Å². The van der Waals surface area contributed by atoms with Gasteiger partial charge in [0.15, 0.2) is 16.3 Å². The van der Waals surface area contributed by atoms with Crippen molar-refractivity contribution in [3.05, 3.63) is 138 Å². The molecule has 8 heteroatoms. The van der Waals surface area contributed by atoms with Gasteiger partial charge in [0.2, 0.25) is 0 Å². The van der Waals surface area contributed by atoms with Crippen LogP contribution < -0.4 is 24.4 Å². The number of ether oxygens (including phenoxy) is 3. The number of fused-ring (bicyclic) bond motifs is 2. The molecule has 0 N–H and O–H groups in total. The van der Waals surface area contributed by atoms with Crippen LogP contribution in [0.3, 0.4) is 0 Å². The van der Waals surface area contributed by atoms with Crippen LogP contribution in [0, 0.1) is 0 Å². The molecule has 1 atom stereocenters. The number of hydrogen-bond acceptors (Lipinski definition) is 7. The number of hydrogen-bond donors (Lipinski definition) is 0. The first-order valence-corrected chi connectivity index (χ1v) is 16.8. The molecule has 0 saturated carbocycles. The number of carbonyl (C=O) groups is 1. The monoisotopic (exact) mass is 646 g/mol. The second-order valence-electron chi connectivity index (χ2n) is 11.7. The number of esters is 1. The van der Waals surface area contributed by atoms with Gasteiger partial charge in [-0.15, -0.1) is 0 Å². The molecule has 0 bridgehead atoms. The molecule has 7 nitrogen and oxygen atoms in total. The Kier molecular flexibility index (Phi) is 9.41. The number of benzene rings is 4. The van der Waals surface area contributed by atoms with Crippen molar-refractivity contribution in [2.75, 3.05) is 13.2 Å². The topological polar surface area (TPSA) is 79.1 Å². The highest BCUT2D eigenvalue weighted by molar-refractivity contribution is 7.07. The Bertz CT molecular complexity index is 2150. The van der Waals surface area contributed by atoms with Gasteiger partial charge in [0, 0.05) is 0 Å². The normalized spacial score (nSPS) is 14.7. The van der Waals surface area contributed by atoms with E-state index < -0.39 is 12.0 Å². The van der Waals surface area contributed by atoms with E-state index in [1.54, 1.807) is 18.4 Å². The standard InChI is InChI=1S/C39H38N2O5S/c1-6-44-33-21-26(15-20-32(33)46-23-30-13-10-12-28-11-8-9-14-31(28)30)22-34-37(42)41-36(29-18-16-27(17-19-29)24(3)4)35(38(43)45-7-2)25(5)40-39(41)47-34/h8-22,24,36H,6-7,23H2,1-5H3/b34-22-/t36-/m1/s1. The number of allylic oxidation sites excluding steroid dienone is 1. The van der Waals surface area contributed by atoms with E-state index in [2.05, 4.69) is 38.1 Å². The highest BCUT2D eigenvalue weighted by atomic mass is 32.1. The summed E-state index contributed by atoms with van der Waals surface area (Å²) < 4.78 is 19.8. The van der Waals surface area contributed by atoms with Gasteiger partial charge in [0.05, 0.1) is 35.1 Å². The molecule has 0 aliphatic carbocycles. The summed E-state index contributed by atoms with van der Waals surface area (Å²) in [5, 5.41) is 2.31. The number of nitrogens with zero attached hydrogens (tertiary/aromatic N) is 2. The molecule has 0 spiro atoms. The molecule has 2 heterocycles. The minimum Gasteiger partial charge on any atom is -0.490 e. The smallest absolute Gasteiger partial charge is 0.338 e. The second-order valence-corrected chi connectivity index (χ2v) is 12.7. The fraction of sp³-hybridized carbons (Fsp3) is 0.256. The fourth-order valence-corrected chi connectivity index (χ4v) is 6.94. The van der Waals surface area contributed by atoms with Crippen LogP contribution in [0.25, 0.3) is 16.8 Å². The Morgan fingerprint density at radius 3 is 2.45 bits per heavy atom. The van der Waals surface area contributed by atoms with Gasteiger partial charge in [-0.1, -0.05) is 98.0 Å². The summed E-state index contributed by atoms with van der Waals surface area (Å²) >= 11 is 1.30. The molecule has 0 fully saturated rings. The van der Waals surface area contributed by atoms with Gasteiger partial charge in [0.1, 0.15) is 6.61 Å². The van der Waals surface area contributed by atoms with E-state index in [0.29, 0.717) is 51.2 Å². The molecule has 4 aromatic carbocycles. The molecule has 0 radical (unpaired) electrons. The molecule has 1 aliphatic heterocycles. The number of aromatic nitrogens is 1. The van der Waals surface area contributed by atoms with Crippen LogP contribution in [-0.4, -0.2) is 23.8 Å². The summed E-state index contributed by atoms with van der Waals surface area (Å²) in [5.74, 6) is 1.10. The average molecular weight is 647 g/mol. The summed E-state index contributed by atoms with van der Waals surface area (Å²) in [7, 11) is 0. The lowest BCUT2D eigenvalue weighted by molar-refractivity contribution is -0.139. The maximum Gasteiger partial charge on any atom is 0.338 e. The Hall–Kier alpha value is -4.95. The fourth-order valence-electron chi connectivity index (χ4n) is 5.90. The number of carbonyl (C=O) groups excluding carboxylic acids is 1. The molecule has 0 amide bonds. The van der Waals surface area contributed by atoms with Gasteiger partial charge in [-0.3, -0.25) is 9.36 Å². The lowest BCUT2D eigenvalue weighted by Crippen LogP contribution is -2.39. The van der Waals surface area contributed by atoms with Crippen molar-refractivity contribution in [3.63, 3.8) is 0 Å². The first-order valence-electron chi connectivity index (χ1n) is 15.9. The third-order valence-corrected chi connectivity index (χ3v) is 9.25. The van der Waals surface area contributed by atoms with E-state index in [0.717, 1.165) is 27.5 Å². The first kappa shape index (κ1) is 32.0. The van der Waals surface area contributed by atoms with Crippen LogP contribution in [0.1, 0.15) is 68.8 Å². The maximum atomic E-state index is 14.1. The van der Waals surface area contributed by atoms with Crippen LogP contribution in [-0.2, 0) is 16.1 Å². The predicted octanol–water partition coefficient (Wildman–Crippen LogP) is 7.05. The summed E-state index contributed by atoms with van der Waals surface area (Å²) in [6.07, 6.45) is 1.84. The highest BCUT2D eigenvalue weighted by Gasteiger charge is 2.33. The number of thiazole rings is 1. The van der Waals surface area contributed by atoms with Gasteiger partial charge in [-0.25, -0.2) is 9.79 Å². The van der Waals surface area contributed by atoms with Crippen molar-refractivity contribution >= 4 is 34.2 Å².